The molecule has 0 aliphatic carbocycles. The molecule has 1 atom stereocenters. The maximum absolute atomic E-state index is 13.2. The summed E-state index contributed by atoms with van der Waals surface area (Å²) in [5.74, 6) is 0.489. The van der Waals surface area contributed by atoms with Crippen molar-refractivity contribution < 1.29 is 13.9 Å². The molecule has 0 aliphatic heterocycles. The van der Waals surface area contributed by atoms with Crippen molar-refractivity contribution in [3.63, 3.8) is 0 Å². The van der Waals surface area contributed by atoms with Crippen LogP contribution in [0.1, 0.15) is 31.9 Å². The SMILES string of the molecule is CCOCCCOc1ccc(F)cc1C(C)NC. The van der Waals surface area contributed by atoms with Crippen molar-refractivity contribution in [3.8, 4) is 5.75 Å². The first-order valence-corrected chi connectivity index (χ1v) is 6.36. The first-order chi connectivity index (χ1) is 8.69. The van der Waals surface area contributed by atoms with Crippen LogP contribution in [0, 0.1) is 5.82 Å². The lowest BCUT2D eigenvalue weighted by atomic mass is 10.1. The van der Waals surface area contributed by atoms with Crippen LogP contribution in [0.5, 0.6) is 5.75 Å². The molecule has 0 heterocycles. The summed E-state index contributed by atoms with van der Waals surface area (Å²) in [6.07, 6.45) is 0.832. The molecule has 18 heavy (non-hydrogen) atoms. The molecule has 1 aromatic carbocycles. The van der Waals surface area contributed by atoms with Crippen molar-refractivity contribution >= 4 is 0 Å². The number of halogens is 1. The molecular weight excluding hydrogens is 233 g/mol. The zero-order chi connectivity index (χ0) is 13.4. The van der Waals surface area contributed by atoms with E-state index in [1.165, 1.54) is 12.1 Å². The molecule has 1 N–H and O–H groups in total. The number of ether oxygens (including phenoxy) is 2. The Bertz CT molecular complexity index is 358. The normalized spacial score (nSPS) is 12.4. The molecule has 1 unspecified atom stereocenters. The first-order valence-electron chi connectivity index (χ1n) is 6.36. The van der Waals surface area contributed by atoms with Crippen LogP contribution >= 0.6 is 0 Å². The Morgan fingerprint density at radius 1 is 1.33 bits per heavy atom. The van der Waals surface area contributed by atoms with Gasteiger partial charge in [0.15, 0.2) is 0 Å². The predicted molar refractivity (Wildman–Crippen MR) is 70.5 cm³/mol. The van der Waals surface area contributed by atoms with Crippen LogP contribution in [-0.4, -0.2) is 26.9 Å². The van der Waals surface area contributed by atoms with Crippen molar-refractivity contribution in [2.45, 2.75) is 26.3 Å². The molecule has 0 amide bonds. The van der Waals surface area contributed by atoms with E-state index in [4.69, 9.17) is 9.47 Å². The zero-order valence-corrected chi connectivity index (χ0v) is 11.3. The molecule has 0 saturated heterocycles. The molecule has 1 aromatic rings. The molecular formula is C14H22FNO2. The van der Waals surface area contributed by atoms with E-state index in [1.54, 1.807) is 6.07 Å². The average molecular weight is 255 g/mol. The summed E-state index contributed by atoms with van der Waals surface area (Å²) >= 11 is 0. The molecule has 4 heteroatoms. The summed E-state index contributed by atoms with van der Waals surface area (Å²) in [4.78, 5) is 0. The number of benzene rings is 1. The maximum atomic E-state index is 13.2. The van der Waals surface area contributed by atoms with E-state index < -0.39 is 0 Å². The second-order valence-corrected chi connectivity index (χ2v) is 4.09. The molecule has 0 aliphatic rings. The van der Waals surface area contributed by atoms with E-state index in [-0.39, 0.29) is 11.9 Å². The number of nitrogens with one attached hydrogen (secondary N) is 1. The third-order valence-corrected chi connectivity index (χ3v) is 2.77. The molecule has 0 bridgehead atoms. The Kier molecular flexibility index (Phi) is 6.68. The first kappa shape index (κ1) is 14.9. The standard InChI is InChI=1S/C14H22FNO2/c1-4-17-8-5-9-18-14-7-6-12(15)10-13(14)11(2)16-3/h6-7,10-11,16H,4-5,8-9H2,1-3H3. The van der Waals surface area contributed by atoms with Crippen molar-refractivity contribution in [3.05, 3.63) is 29.6 Å². The lowest BCUT2D eigenvalue weighted by Gasteiger charge is -2.16. The maximum Gasteiger partial charge on any atom is 0.124 e. The minimum Gasteiger partial charge on any atom is -0.493 e. The number of hydrogen-bond donors (Lipinski definition) is 1. The van der Waals surface area contributed by atoms with Gasteiger partial charge >= 0.3 is 0 Å². The quantitative estimate of drug-likeness (QED) is 0.724. The fourth-order valence-electron chi connectivity index (χ4n) is 1.63. The van der Waals surface area contributed by atoms with Crippen molar-refractivity contribution in [2.75, 3.05) is 26.9 Å². The van der Waals surface area contributed by atoms with Crippen LogP contribution in [-0.2, 0) is 4.74 Å². The predicted octanol–water partition coefficient (Wildman–Crippen LogP) is 2.91. The van der Waals surface area contributed by atoms with Crippen LogP contribution in [0.2, 0.25) is 0 Å². The summed E-state index contributed by atoms with van der Waals surface area (Å²) in [5, 5.41) is 3.09. The lowest BCUT2D eigenvalue weighted by molar-refractivity contribution is 0.130. The van der Waals surface area contributed by atoms with Gasteiger partial charge in [-0.1, -0.05) is 0 Å². The molecule has 0 saturated carbocycles. The monoisotopic (exact) mass is 255 g/mol. The van der Waals surface area contributed by atoms with Gasteiger partial charge in [-0.25, -0.2) is 4.39 Å². The van der Waals surface area contributed by atoms with Gasteiger partial charge in [-0.3, -0.25) is 0 Å². The summed E-state index contributed by atoms with van der Waals surface area (Å²) in [6, 6.07) is 4.67. The molecule has 0 radical (unpaired) electrons. The van der Waals surface area contributed by atoms with E-state index in [9.17, 15) is 4.39 Å². The third-order valence-electron chi connectivity index (χ3n) is 2.77. The van der Waals surface area contributed by atoms with Gasteiger partial charge in [0, 0.05) is 31.2 Å². The van der Waals surface area contributed by atoms with Crippen LogP contribution in [0.15, 0.2) is 18.2 Å². The Morgan fingerprint density at radius 3 is 2.78 bits per heavy atom. The summed E-state index contributed by atoms with van der Waals surface area (Å²) in [7, 11) is 1.84. The highest BCUT2D eigenvalue weighted by atomic mass is 19.1. The lowest BCUT2D eigenvalue weighted by Crippen LogP contribution is -2.14. The second-order valence-electron chi connectivity index (χ2n) is 4.09. The van der Waals surface area contributed by atoms with Crippen molar-refractivity contribution in [2.24, 2.45) is 0 Å². The topological polar surface area (TPSA) is 30.5 Å². The van der Waals surface area contributed by atoms with E-state index in [0.717, 1.165) is 24.3 Å². The Morgan fingerprint density at radius 2 is 2.11 bits per heavy atom. The number of hydrogen-bond acceptors (Lipinski definition) is 3. The summed E-state index contributed by atoms with van der Waals surface area (Å²) < 4.78 is 24.1. The Balaban J connectivity index is 2.58. The summed E-state index contributed by atoms with van der Waals surface area (Å²) in [6.45, 7) is 5.93. The van der Waals surface area contributed by atoms with Gasteiger partial charge in [0.1, 0.15) is 11.6 Å². The Labute approximate surface area is 108 Å². The Hall–Kier alpha value is -1.13. The van der Waals surface area contributed by atoms with Gasteiger partial charge in [0.05, 0.1) is 6.61 Å². The molecule has 0 aromatic heterocycles. The highest BCUT2D eigenvalue weighted by Gasteiger charge is 2.11. The largest absolute Gasteiger partial charge is 0.493 e. The van der Waals surface area contributed by atoms with Gasteiger partial charge in [0.2, 0.25) is 0 Å². The highest BCUT2D eigenvalue weighted by Crippen LogP contribution is 2.25. The second kappa shape index (κ2) is 8.06. The minimum absolute atomic E-state index is 0.0580. The van der Waals surface area contributed by atoms with Gasteiger partial charge in [-0.15, -0.1) is 0 Å². The van der Waals surface area contributed by atoms with Crippen LogP contribution in [0.25, 0.3) is 0 Å². The van der Waals surface area contributed by atoms with Crippen LogP contribution < -0.4 is 10.1 Å². The third kappa shape index (κ3) is 4.63. The average Bonchev–Trinajstić information content (AvgIpc) is 2.39. The van der Waals surface area contributed by atoms with E-state index in [2.05, 4.69) is 5.32 Å². The fourth-order valence-corrected chi connectivity index (χ4v) is 1.63. The molecule has 0 fully saturated rings. The number of rotatable bonds is 8. The smallest absolute Gasteiger partial charge is 0.124 e. The van der Waals surface area contributed by atoms with Crippen molar-refractivity contribution in [1.82, 2.24) is 5.32 Å². The van der Waals surface area contributed by atoms with Gasteiger partial charge in [-0.05, 0) is 39.1 Å². The summed E-state index contributed by atoms with van der Waals surface area (Å²) in [5.41, 5.74) is 0.842. The van der Waals surface area contributed by atoms with Gasteiger partial charge in [-0.2, -0.15) is 0 Å². The molecule has 3 nitrogen and oxygen atoms in total. The minimum atomic E-state index is -0.242. The van der Waals surface area contributed by atoms with E-state index in [0.29, 0.717) is 13.2 Å². The highest BCUT2D eigenvalue weighted by molar-refractivity contribution is 5.36. The van der Waals surface area contributed by atoms with E-state index >= 15 is 0 Å². The zero-order valence-electron chi connectivity index (χ0n) is 11.3. The molecule has 0 spiro atoms. The van der Waals surface area contributed by atoms with E-state index in [1.807, 2.05) is 20.9 Å². The van der Waals surface area contributed by atoms with Crippen molar-refractivity contribution in [1.29, 1.82) is 0 Å². The fraction of sp³-hybridized carbons (Fsp3) is 0.571. The van der Waals surface area contributed by atoms with Gasteiger partial charge in [0.25, 0.3) is 0 Å². The van der Waals surface area contributed by atoms with Crippen LogP contribution in [0.3, 0.4) is 0 Å². The van der Waals surface area contributed by atoms with Crippen LogP contribution in [0.4, 0.5) is 4.39 Å². The van der Waals surface area contributed by atoms with Gasteiger partial charge < -0.3 is 14.8 Å². The molecule has 102 valence electrons. The molecule has 1 rings (SSSR count).